The molecule has 5 heteroatoms. The first-order chi connectivity index (χ1) is 12.4. The number of amides is 1. The molecule has 1 heterocycles. The smallest absolute Gasteiger partial charge is 0.263 e. The van der Waals surface area contributed by atoms with Crippen molar-refractivity contribution in [1.29, 1.82) is 0 Å². The largest absolute Gasteiger partial charge is 0.322 e. The lowest BCUT2D eigenvalue weighted by molar-refractivity contribution is 0.102. The number of benzene rings is 2. The summed E-state index contributed by atoms with van der Waals surface area (Å²) in [5.74, 6) is -0.451. The summed E-state index contributed by atoms with van der Waals surface area (Å²) in [5, 5.41) is 3.23. The number of anilines is 1. The summed E-state index contributed by atoms with van der Waals surface area (Å²) in [6, 6.07) is 16.2. The average molecular weight is 367 g/mol. The minimum Gasteiger partial charge on any atom is -0.322 e. The fourth-order valence-electron chi connectivity index (χ4n) is 2.75. The van der Waals surface area contributed by atoms with Crippen molar-refractivity contribution in [2.75, 3.05) is 5.32 Å². The van der Waals surface area contributed by atoms with Crippen molar-refractivity contribution in [2.45, 2.75) is 20.4 Å². The summed E-state index contributed by atoms with van der Waals surface area (Å²) >= 11 is 5.93. The Balaban J connectivity index is 1.88. The van der Waals surface area contributed by atoms with Gasteiger partial charge in [-0.05, 0) is 55.3 Å². The van der Waals surface area contributed by atoms with E-state index in [0.717, 1.165) is 16.7 Å². The zero-order valence-electron chi connectivity index (χ0n) is 14.6. The predicted molar refractivity (Wildman–Crippen MR) is 105 cm³/mol. The van der Waals surface area contributed by atoms with Gasteiger partial charge in [-0.15, -0.1) is 0 Å². The molecular weight excluding hydrogens is 348 g/mol. The summed E-state index contributed by atoms with van der Waals surface area (Å²) in [7, 11) is 0. The standard InChI is InChI=1S/C21H19ClN2O2/c1-14-8-9-15(2)16(11-14)13-24-10-4-7-19(21(24)26)20(25)23-18-6-3-5-17(22)12-18/h3-12H,13H2,1-2H3,(H,23,25). The van der Waals surface area contributed by atoms with Gasteiger partial charge in [-0.1, -0.05) is 41.4 Å². The molecular formula is C21H19ClN2O2. The summed E-state index contributed by atoms with van der Waals surface area (Å²) < 4.78 is 1.55. The van der Waals surface area contributed by atoms with Crippen LogP contribution in [0.4, 0.5) is 5.69 Å². The van der Waals surface area contributed by atoms with E-state index in [0.29, 0.717) is 17.3 Å². The van der Waals surface area contributed by atoms with Crippen LogP contribution < -0.4 is 10.9 Å². The van der Waals surface area contributed by atoms with Gasteiger partial charge in [0.05, 0.1) is 6.54 Å². The monoisotopic (exact) mass is 366 g/mol. The second-order valence-electron chi connectivity index (χ2n) is 6.25. The predicted octanol–water partition coefficient (Wildman–Crippen LogP) is 4.42. The number of hydrogen-bond acceptors (Lipinski definition) is 2. The Bertz CT molecular complexity index is 1020. The Morgan fingerprint density at radius 3 is 2.65 bits per heavy atom. The molecule has 26 heavy (non-hydrogen) atoms. The highest BCUT2D eigenvalue weighted by Crippen LogP contribution is 2.16. The highest BCUT2D eigenvalue weighted by molar-refractivity contribution is 6.30. The maximum absolute atomic E-state index is 12.7. The highest BCUT2D eigenvalue weighted by Gasteiger charge is 2.13. The Morgan fingerprint density at radius 1 is 1.08 bits per heavy atom. The number of aromatic nitrogens is 1. The number of halogens is 1. The second-order valence-corrected chi connectivity index (χ2v) is 6.69. The van der Waals surface area contributed by atoms with Crippen molar-refractivity contribution in [3.05, 3.63) is 98.4 Å². The van der Waals surface area contributed by atoms with Gasteiger partial charge in [-0.3, -0.25) is 9.59 Å². The molecule has 0 saturated heterocycles. The fraction of sp³-hybridized carbons (Fsp3) is 0.143. The molecule has 132 valence electrons. The molecule has 0 bridgehead atoms. The maximum atomic E-state index is 12.7. The van der Waals surface area contributed by atoms with Gasteiger partial charge in [-0.25, -0.2) is 0 Å². The Labute approximate surface area is 157 Å². The first-order valence-electron chi connectivity index (χ1n) is 8.26. The van der Waals surface area contributed by atoms with E-state index in [1.807, 2.05) is 26.0 Å². The summed E-state index contributed by atoms with van der Waals surface area (Å²) in [4.78, 5) is 25.2. The third-order valence-corrected chi connectivity index (χ3v) is 4.43. The molecule has 2 aromatic carbocycles. The molecule has 1 amide bonds. The van der Waals surface area contributed by atoms with E-state index < -0.39 is 5.91 Å². The first kappa shape index (κ1) is 18.0. The minimum absolute atomic E-state index is 0.0952. The van der Waals surface area contributed by atoms with E-state index in [-0.39, 0.29) is 11.1 Å². The molecule has 3 rings (SSSR count). The summed E-state index contributed by atoms with van der Waals surface area (Å²) in [6.07, 6.45) is 1.69. The van der Waals surface area contributed by atoms with Crippen LogP contribution in [0.2, 0.25) is 5.02 Å². The number of carbonyl (C=O) groups excluding carboxylic acids is 1. The molecule has 0 unspecified atom stereocenters. The second kappa shape index (κ2) is 7.58. The van der Waals surface area contributed by atoms with Crippen LogP contribution >= 0.6 is 11.6 Å². The molecule has 0 radical (unpaired) electrons. The van der Waals surface area contributed by atoms with Gasteiger partial charge in [0.2, 0.25) is 0 Å². The SMILES string of the molecule is Cc1ccc(C)c(Cn2cccc(C(=O)Nc3cccc(Cl)c3)c2=O)c1. The van der Waals surface area contributed by atoms with Gasteiger partial charge >= 0.3 is 0 Å². The lowest BCUT2D eigenvalue weighted by Crippen LogP contribution is -2.29. The van der Waals surface area contributed by atoms with Gasteiger partial charge in [0, 0.05) is 16.9 Å². The van der Waals surface area contributed by atoms with Crippen molar-refractivity contribution in [2.24, 2.45) is 0 Å². The fourth-order valence-corrected chi connectivity index (χ4v) is 2.94. The van der Waals surface area contributed by atoms with Gasteiger partial charge in [-0.2, -0.15) is 0 Å². The Kier molecular flexibility index (Phi) is 5.24. The zero-order valence-corrected chi connectivity index (χ0v) is 15.4. The molecule has 0 aliphatic rings. The van der Waals surface area contributed by atoms with Gasteiger partial charge in [0.15, 0.2) is 0 Å². The summed E-state index contributed by atoms with van der Waals surface area (Å²) in [5.41, 5.74) is 3.61. The Hall–Kier alpha value is -2.85. The van der Waals surface area contributed by atoms with Crippen LogP contribution in [0.3, 0.4) is 0 Å². The Morgan fingerprint density at radius 2 is 1.88 bits per heavy atom. The van der Waals surface area contributed by atoms with E-state index in [1.165, 1.54) is 6.07 Å². The van der Waals surface area contributed by atoms with Crippen molar-refractivity contribution in [3.63, 3.8) is 0 Å². The van der Waals surface area contributed by atoms with Crippen LogP contribution in [0, 0.1) is 13.8 Å². The van der Waals surface area contributed by atoms with Gasteiger partial charge < -0.3 is 9.88 Å². The maximum Gasteiger partial charge on any atom is 0.263 e. The first-order valence-corrected chi connectivity index (χ1v) is 8.64. The van der Waals surface area contributed by atoms with Crippen LogP contribution in [0.25, 0.3) is 0 Å². The molecule has 1 N–H and O–H groups in total. The molecule has 0 atom stereocenters. The molecule has 0 aliphatic carbocycles. The van der Waals surface area contributed by atoms with Crippen LogP contribution in [0.1, 0.15) is 27.0 Å². The summed E-state index contributed by atoms with van der Waals surface area (Å²) in [6.45, 7) is 4.45. The van der Waals surface area contributed by atoms with E-state index in [9.17, 15) is 9.59 Å². The average Bonchev–Trinajstić information content (AvgIpc) is 2.60. The minimum atomic E-state index is -0.451. The number of nitrogens with zero attached hydrogens (tertiary/aromatic N) is 1. The van der Waals surface area contributed by atoms with Crippen molar-refractivity contribution in [1.82, 2.24) is 4.57 Å². The molecule has 0 aliphatic heterocycles. The van der Waals surface area contributed by atoms with Crippen molar-refractivity contribution >= 4 is 23.2 Å². The van der Waals surface area contributed by atoms with Crippen molar-refractivity contribution in [3.8, 4) is 0 Å². The van der Waals surface area contributed by atoms with E-state index in [4.69, 9.17) is 11.6 Å². The lowest BCUT2D eigenvalue weighted by Gasteiger charge is -2.11. The molecule has 4 nitrogen and oxygen atoms in total. The van der Waals surface area contributed by atoms with E-state index in [2.05, 4.69) is 11.4 Å². The molecule has 0 saturated carbocycles. The number of pyridine rings is 1. The molecule has 0 spiro atoms. The number of nitrogens with one attached hydrogen (secondary N) is 1. The topological polar surface area (TPSA) is 51.1 Å². The lowest BCUT2D eigenvalue weighted by atomic mass is 10.1. The normalized spacial score (nSPS) is 10.6. The van der Waals surface area contributed by atoms with Crippen LogP contribution in [-0.2, 0) is 6.54 Å². The molecule has 3 aromatic rings. The van der Waals surface area contributed by atoms with Gasteiger partial charge in [0.1, 0.15) is 5.56 Å². The quantitative estimate of drug-likeness (QED) is 0.743. The highest BCUT2D eigenvalue weighted by atomic mass is 35.5. The van der Waals surface area contributed by atoms with Crippen LogP contribution in [0.15, 0.2) is 65.6 Å². The third kappa shape index (κ3) is 4.03. The molecule has 1 aromatic heterocycles. The number of rotatable bonds is 4. The van der Waals surface area contributed by atoms with E-state index in [1.54, 1.807) is 41.1 Å². The third-order valence-electron chi connectivity index (χ3n) is 4.19. The number of carbonyl (C=O) groups is 1. The van der Waals surface area contributed by atoms with Gasteiger partial charge in [0.25, 0.3) is 11.5 Å². The van der Waals surface area contributed by atoms with Crippen LogP contribution in [0.5, 0.6) is 0 Å². The van der Waals surface area contributed by atoms with Crippen molar-refractivity contribution < 1.29 is 4.79 Å². The van der Waals surface area contributed by atoms with Crippen LogP contribution in [-0.4, -0.2) is 10.5 Å². The molecule has 0 fully saturated rings. The number of aryl methyl sites for hydroxylation is 2. The zero-order chi connectivity index (χ0) is 18.7. The van der Waals surface area contributed by atoms with E-state index >= 15 is 0 Å². The number of hydrogen-bond donors (Lipinski definition) is 1.